The first kappa shape index (κ1) is 12.8. The first-order valence-electron chi connectivity index (χ1n) is 5.83. The number of thiophene rings is 1. The van der Waals surface area contributed by atoms with Crippen molar-refractivity contribution in [2.24, 2.45) is 0 Å². The maximum Gasteiger partial charge on any atom is 0.221 e. The van der Waals surface area contributed by atoms with Gasteiger partial charge in [-0.25, -0.2) is 0 Å². The van der Waals surface area contributed by atoms with E-state index in [1.165, 1.54) is 12.5 Å². The molecular weight excluding hydrogens is 244 g/mol. The summed E-state index contributed by atoms with van der Waals surface area (Å²) in [7, 11) is 0. The Morgan fingerprint density at radius 2 is 2.06 bits per heavy atom. The highest BCUT2D eigenvalue weighted by Crippen LogP contribution is 2.15. The van der Waals surface area contributed by atoms with Gasteiger partial charge in [-0.05, 0) is 34.0 Å². The van der Waals surface area contributed by atoms with E-state index in [4.69, 9.17) is 0 Å². The van der Waals surface area contributed by atoms with Crippen LogP contribution in [0, 0.1) is 0 Å². The highest BCUT2D eigenvalue weighted by Gasteiger charge is 2.02. The topological polar surface area (TPSA) is 41.1 Å². The van der Waals surface area contributed by atoms with E-state index in [-0.39, 0.29) is 5.91 Å². The van der Waals surface area contributed by atoms with Gasteiger partial charge in [0.25, 0.3) is 0 Å². The Morgan fingerprint density at radius 1 is 1.22 bits per heavy atom. The van der Waals surface area contributed by atoms with Crippen LogP contribution in [-0.2, 0) is 17.9 Å². The van der Waals surface area contributed by atoms with Gasteiger partial charge in [0.15, 0.2) is 0 Å². The lowest BCUT2D eigenvalue weighted by Crippen LogP contribution is -2.15. The van der Waals surface area contributed by atoms with Crippen molar-refractivity contribution in [2.45, 2.75) is 20.0 Å². The summed E-state index contributed by atoms with van der Waals surface area (Å²) in [5, 5.41) is 10.4. The maximum atomic E-state index is 11.1. The van der Waals surface area contributed by atoms with Crippen LogP contribution in [0.15, 0.2) is 41.1 Å². The number of hydrogen-bond acceptors (Lipinski definition) is 3. The molecule has 0 aliphatic carbocycles. The Balaban J connectivity index is 1.94. The molecule has 0 radical (unpaired) electrons. The number of carbonyl (C=O) groups is 1. The van der Waals surface area contributed by atoms with Crippen LogP contribution < -0.4 is 10.6 Å². The highest BCUT2D eigenvalue weighted by molar-refractivity contribution is 7.07. The molecule has 0 fully saturated rings. The Labute approximate surface area is 111 Å². The highest BCUT2D eigenvalue weighted by atomic mass is 32.1. The van der Waals surface area contributed by atoms with Crippen LogP contribution in [0.5, 0.6) is 0 Å². The molecule has 4 heteroatoms. The van der Waals surface area contributed by atoms with Crippen LogP contribution in [-0.4, -0.2) is 5.91 Å². The predicted octanol–water partition coefficient (Wildman–Crippen LogP) is 3.00. The van der Waals surface area contributed by atoms with Gasteiger partial charge < -0.3 is 10.6 Å². The van der Waals surface area contributed by atoms with Gasteiger partial charge in [0.2, 0.25) is 5.91 Å². The molecule has 3 nitrogen and oxygen atoms in total. The molecule has 18 heavy (non-hydrogen) atoms. The van der Waals surface area contributed by atoms with E-state index in [2.05, 4.69) is 27.5 Å². The maximum absolute atomic E-state index is 11.1. The summed E-state index contributed by atoms with van der Waals surface area (Å²) in [5.41, 5.74) is 3.27. The number of amides is 1. The first-order valence-corrected chi connectivity index (χ1v) is 6.77. The van der Waals surface area contributed by atoms with Gasteiger partial charge in [0.05, 0.1) is 0 Å². The fourth-order valence-electron chi connectivity index (χ4n) is 1.72. The Bertz CT molecular complexity index is 508. The second-order valence-corrected chi connectivity index (χ2v) is 4.85. The van der Waals surface area contributed by atoms with Crippen LogP contribution in [0.4, 0.5) is 5.69 Å². The third kappa shape index (κ3) is 3.68. The molecule has 0 spiro atoms. The number of para-hydroxylation sites is 1. The zero-order chi connectivity index (χ0) is 12.8. The van der Waals surface area contributed by atoms with Gasteiger partial charge in [-0.3, -0.25) is 4.79 Å². The molecule has 0 saturated carbocycles. The Hall–Kier alpha value is -1.65. The van der Waals surface area contributed by atoms with Crippen LogP contribution in [0.1, 0.15) is 18.1 Å². The van der Waals surface area contributed by atoms with Crippen molar-refractivity contribution >= 4 is 22.9 Å². The van der Waals surface area contributed by atoms with Crippen LogP contribution in [0.2, 0.25) is 0 Å². The zero-order valence-electron chi connectivity index (χ0n) is 10.3. The van der Waals surface area contributed by atoms with Crippen molar-refractivity contribution in [2.75, 3.05) is 5.32 Å². The lowest BCUT2D eigenvalue weighted by molar-refractivity contribution is -0.114. The molecule has 0 aliphatic rings. The standard InChI is InChI=1S/C14H16N2OS/c1-11(17)16-14-5-3-2-4-13(14)9-15-8-12-6-7-18-10-12/h2-7,10,15H,8-9H2,1H3,(H,16,17). The Morgan fingerprint density at radius 3 is 2.78 bits per heavy atom. The summed E-state index contributed by atoms with van der Waals surface area (Å²) >= 11 is 1.70. The molecule has 0 aliphatic heterocycles. The van der Waals surface area contributed by atoms with Gasteiger partial charge in [0, 0.05) is 25.7 Å². The molecule has 0 unspecified atom stereocenters. The lowest BCUT2D eigenvalue weighted by atomic mass is 10.1. The summed E-state index contributed by atoms with van der Waals surface area (Å²) in [4.78, 5) is 11.1. The smallest absolute Gasteiger partial charge is 0.221 e. The number of anilines is 1. The molecule has 1 aromatic heterocycles. The lowest BCUT2D eigenvalue weighted by Gasteiger charge is -2.10. The summed E-state index contributed by atoms with van der Waals surface area (Å²) in [6, 6.07) is 9.95. The average molecular weight is 260 g/mol. The monoisotopic (exact) mass is 260 g/mol. The predicted molar refractivity (Wildman–Crippen MR) is 75.6 cm³/mol. The Kier molecular flexibility index (Phi) is 4.50. The van der Waals surface area contributed by atoms with Gasteiger partial charge in [-0.15, -0.1) is 0 Å². The van der Waals surface area contributed by atoms with E-state index in [9.17, 15) is 4.79 Å². The molecule has 1 aromatic carbocycles. The molecule has 94 valence electrons. The van der Waals surface area contributed by atoms with E-state index < -0.39 is 0 Å². The third-order valence-corrected chi connectivity index (χ3v) is 3.28. The number of benzene rings is 1. The number of hydrogen-bond donors (Lipinski definition) is 2. The molecule has 0 bridgehead atoms. The molecule has 1 amide bonds. The van der Waals surface area contributed by atoms with Crippen molar-refractivity contribution in [3.05, 3.63) is 52.2 Å². The second-order valence-electron chi connectivity index (χ2n) is 4.07. The largest absolute Gasteiger partial charge is 0.326 e. The van der Waals surface area contributed by atoms with E-state index >= 15 is 0 Å². The average Bonchev–Trinajstić information content (AvgIpc) is 2.84. The summed E-state index contributed by atoms with van der Waals surface area (Å²) in [6.07, 6.45) is 0. The third-order valence-electron chi connectivity index (χ3n) is 2.55. The minimum atomic E-state index is -0.0414. The molecule has 1 heterocycles. The minimum absolute atomic E-state index is 0.0414. The fraction of sp³-hybridized carbons (Fsp3) is 0.214. The van der Waals surface area contributed by atoms with Gasteiger partial charge in [-0.2, -0.15) is 11.3 Å². The van der Waals surface area contributed by atoms with Gasteiger partial charge >= 0.3 is 0 Å². The number of rotatable bonds is 5. The zero-order valence-corrected chi connectivity index (χ0v) is 11.1. The minimum Gasteiger partial charge on any atom is -0.326 e. The summed E-state index contributed by atoms with van der Waals surface area (Å²) in [6.45, 7) is 3.11. The van der Waals surface area contributed by atoms with Gasteiger partial charge in [0.1, 0.15) is 0 Å². The SMILES string of the molecule is CC(=O)Nc1ccccc1CNCc1ccsc1. The number of nitrogens with one attached hydrogen (secondary N) is 2. The molecule has 0 saturated heterocycles. The van der Waals surface area contributed by atoms with E-state index in [1.807, 2.05) is 24.3 Å². The number of carbonyl (C=O) groups excluding carboxylic acids is 1. The van der Waals surface area contributed by atoms with Crippen molar-refractivity contribution in [1.82, 2.24) is 5.32 Å². The van der Waals surface area contributed by atoms with Crippen molar-refractivity contribution in [3.8, 4) is 0 Å². The van der Waals surface area contributed by atoms with Crippen molar-refractivity contribution in [3.63, 3.8) is 0 Å². The van der Waals surface area contributed by atoms with Crippen LogP contribution >= 0.6 is 11.3 Å². The molecule has 2 aromatic rings. The first-order chi connectivity index (χ1) is 8.75. The summed E-state index contributed by atoms with van der Waals surface area (Å²) in [5.74, 6) is -0.0414. The van der Waals surface area contributed by atoms with Crippen LogP contribution in [0.25, 0.3) is 0 Å². The quantitative estimate of drug-likeness (QED) is 0.867. The fourth-order valence-corrected chi connectivity index (χ4v) is 2.39. The summed E-state index contributed by atoms with van der Waals surface area (Å²) < 4.78 is 0. The molecule has 2 N–H and O–H groups in total. The second kappa shape index (κ2) is 6.33. The molecule has 2 rings (SSSR count). The molecule has 0 atom stereocenters. The van der Waals surface area contributed by atoms with E-state index in [0.717, 1.165) is 24.3 Å². The van der Waals surface area contributed by atoms with E-state index in [0.29, 0.717) is 0 Å². The van der Waals surface area contributed by atoms with E-state index in [1.54, 1.807) is 11.3 Å². The van der Waals surface area contributed by atoms with Crippen LogP contribution in [0.3, 0.4) is 0 Å². The van der Waals surface area contributed by atoms with Crippen molar-refractivity contribution < 1.29 is 4.79 Å². The molecular formula is C14H16N2OS. The normalized spacial score (nSPS) is 10.3. The van der Waals surface area contributed by atoms with Gasteiger partial charge in [-0.1, -0.05) is 18.2 Å². The van der Waals surface area contributed by atoms with Crippen molar-refractivity contribution in [1.29, 1.82) is 0 Å².